The molecule has 0 aliphatic heterocycles. The summed E-state index contributed by atoms with van der Waals surface area (Å²) < 4.78 is 5.00. The molecule has 0 aliphatic rings. The quantitative estimate of drug-likeness (QED) is 0.890. The number of rotatable bonds is 4. The van der Waals surface area contributed by atoms with Gasteiger partial charge < -0.3 is 10.1 Å². The molecule has 1 N–H and O–H groups in total. The van der Waals surface area contributed by atoms with Gasteiger partial charge in [0.15, 0.2) is 0 Å². The van der Waals surface area contributed by atoms with E-state index in [4.69, 9.17) is 27.9 Å². The SMILES string of the molecule is COc1ccc(NCC(C)=O)c(Cl)c1Cl. The van der Waals surface area contributed by atoms with Crippen molar-refractivity contribution in [2.24, 2.45) is 0 Å². The second-order valence-corrected chi connectivity index (χ2v) is 3.75. The molecule has 5 heteroatoms. The number of methoxy groups -OCH3 is 1. The molecule has 0 saturated carbocycles. The van der Waals surface area contributed by atoms with Crippen molar-refractivity contribution in [1.82, 2.24) is 0 Å². The van der Waals surface area contributed by atoms with Crippen molar-refractivity contribution < 1.29 is 9.53 Å². The second kappa shape index (κ2) is 5.24. The maximum absolute atomic E-state index is 10.8. The van der Waals surface area contributed by atoms with Crippen LogP contribution in [0.2, 0.25) is 10.0 Å². The van der Waals surface area contributed by atoms with Gasteiger partial charge in [-0.3, -0.25) is 4.79 Å². The Hall–Kier alpha value is -0.930. The number of ether oxygens (including phenoxy) is 1. The van der Waals surface area contributed by atoms with Gasteiger partial charge in [0.2, 0.25) is 0 Å². The lowest BCUT2D eigenvalue weighted by Crippen LogP contribution is -2.10. The van der Waals surface area contributed by atoms with E-state index in [9.17, 15) is 4.79 Å². The number of nitrogens with one attached hydrogen (secondary N) is 1. The molecule has 0 heterocycles. The molecule has 0 aliphatic carbocycles. The Labute approximate surface area is 98.3 Å². The van der Waals surface area contributed by atoms with Crippen molar-refractivity contribution in [3.63, 3.8) is 0 Å². The zero-order chi connectivity index (χ0) is 11.4. The van der Waals surface area contributed by atoms with Crippen molar-refractivity contribution in [1.29, 1.82) is 0 Å². The molecular weight excluding hydrogens is 237 g/mol. The predicted molar refractivity (Wildman–Crippen MR) is 62.2 cm³/mol. The van der Waals surface area contributed by atoms with Gasteiger partial charge in [-0.2, -0.15) is 0 Å². The largest absolute Gasteiger partial charge is 0.495 e. The number of hydrogen-bond donors (Lipinski definition) is 1. The lowest BCUT2D eigenvalue weighted by atomic mass is 10.3. The fourth-order valence-corrected chi connectivity index (χ4v) is 1.51. The average molecular weight is 248 g/mol. The maximum Gasteiger partial charge on any atom is 0.148 e. The third-order valence-corrected chi connectivity index (χ3v) is 2.66. The fraction of sp³-hybridized carbons (Fsp3) is 0.300. The third-order valence-electron chi connectivity index (χ3n) is 1.79. The molecule has 0 radical (unpaired) electrons. The monoisotopic (exact) mass is 247 g/mol. The summed E-state index contributed by atoms with van der Waals surface area (Å²) in [5.41, 5.74) is 0.623. The molecule has 1 aromatic carbocycles. The molecule has 0 fully saturated rings. The molecule has 0 unspecified atom stereocenters. The van der Waals surface area contributed by atoms with Gasteiger partial charge in [0, 0.05) is 0 Å². The molecule has 0 atom stereocenters. The molecule has 82 valence electrons. The first-order valence-electron chi connectivity index (χ1n) is 4.31. The van der Waals surface area contributed by atoms with Crippen molar-refractivity contribution in [2.45, 2.75) is 6.92 Å². The first-order valence-corrected chi connectivity index (χ1v) is 5.07. The first-order chi connectivity index (χ1) is 7.06. The van der Waals surface area contributed by atoms with Crippen molar-refractivity contribution in [3.05, 3.63) is 22.2 Å². The second-order valence-electron chi connectivity index (χ2n) is 3.00. The Bertz CT molecular complexity index is 380. The van der Waals surface area contributed by atoms with Gasteiger partial charge in [-0.25, -0.2) is 0 Å². The predicted octanol–water partition coefficient (Wildman–Crippen LogP) is 3.00. The standard InChI is InChI=1S/C10H11Cl2NO2/c1-6(14)5-13-7-3-4-8(15-2)10(12)9(7)11/h3-4,13H,5H2,1-2H3. The van der Waals surface area contributed by atoms with Crippen LogP contribution in [0.15, 0.2) is 12.1 Å². The van der Waals surface area contributed by atoms with Crippen LogP contribution in [0.1, 0.15) is 6.92 Å². The summed E-state index contributed by atoms with van der Waals surface area (Å²) in [7, 11) is 1.51. The Morgan fingerprint density at radius 1 is 1.40 bits per heavy atom. The number of benzene rings is 1. The molecule has 0 bridgehead atoms. The number of ketones is 1. The molecular formula is C10H11Cl2NO2. The van der Waals surface area contributed by atoms with E-state index in [1.165, 1.54) is 14.0 Å². The van der Waals surface area contributed by atoms with Gasteiger partial charge in [0.25, 0.3) is 0 Å². The van der Waals surface area contributed by atoms with Gasteiger partial charge >= 0.3 is 0 Å². The van der Waals surface area contributed by atoms with Crippen LogP contribution in [0.25, 0.3) is 0 Å². The summed E-state index contributed by atoms with van der Waals surface area (Å²) in [6, 6.07) is 3.41. The summed E-state index contributed by atoms with van der Waals surface area (Å²) in [5.74, 6) is 0.535. The van der Waals surface area contributed by atoms with E-state index < -0.39 is 0 Å². The van der Waals surface area contributed by atoms with Crippen LogP contribution >= 0.6 is 23.2 Å². The normalized spacial score (nSPS) is 9.87. The van der Waals surface area contributed by atoms with Crippen LogP contribution in [-0.4, -0.2) is 19.4 Å². The zero-order valence-corrected chi connectivity index (χ0v) is 9.95. The highest BCUT2D eigenvalue weighted by Gasteiger charge is 2.10. The third kappa shape index (κ3) is 3.01. The summed E-state index contributed by atoms with van der Waals surface area (Å²) in [5, 5.41) is 3.58. The Morgan fingerprint density at radius 2 is 2.07 bits per heavy atom. The molecule has 15 heavy (non-hydrogen) atoms. The number of hydrogen-bond acceptors (Lipinski definition) is 3. The van der Waals surface area contributed by atoms with E-state index in [2.05, 4.69) is 5.32 Å². The van der Waals surface area contributed by atoms with E-state index in [0.717, 1.165) is 0 Å². The van der Waals surface area contributed by atoms with Crippen LogP contribution in [0.3, 0.4) is 0 Å². The van der Waals surface area contributed by atoms with E-state index in [0.29, 0.717) is 21.5 Å². The van der Waals surface area contributed by atoms with E-state index in [1.807, 2.05) is 0 Å². The number of anilines is 1. The first kappa shape index (κ1) is 12.1. The highest BCUT2D eigenvalue weighted by atomic mass is 35.5. The minimum absolute atomic E-state index is 0.0259. The summed E-state index contributed by atoms with van der Waals surface area (Å²) in [4.78, 5) is 10.8. The average Bonchev–Trinajstić information content (AvgIpc) is 2.20. The molecule has 1 aromatic rings. The van der Waals surface area contributed by atoms with Gasteiger partial charge in [-0.15, -0.1) is 0 Å². The molecule has 0 aromatic heterocycles. The smallest absolute Gasteiger partial charge is 0.148 e. The lowest BCUT2D eigenvalue weighted by molar-refractivity contribution is -0.115. The number of halogens is 2. The van der Waals surface area contributed by atoms with Crippen LogP contribution in [0.5, 0.6) is 5.75 Å². The Balaban J connectivity index is 2.91. The minimum atomic E-state index is 0.0259. The molecule has 0 spiro atoms. The molecule has 0 amide bonds. The van der Waals surface area contributed by atoms with Crippen molar-refractivity contribution >= 4 is 34.7 Å². The highest BCUT2D eigenvalue weighted by Crippen LogP contribution is 2.37. The van der Waals surface area contributed by atoms with E-state index >= 15 is 0 Å². The van der Waals surface area contributed by atoms with Gasteiger partial charge in [-0.1, -0.05) is 23.2 Å². The Morgan fingerprint density at radius 3 is 2.60 bits per heavy atom. The van der Waals surface area contributed by atoms with Crippen LogP contribution in [-0.2, 0) is 4.79 Å². The fourth-order valence-electron chi connectivity index (χ4n) is 1.05. The minimum Gasteiger partial charge on any atom is -0.495 e. The van der Waals surface area contributed by atoms with Crippen LogP contribution in [0, 0.1) is 0 Å². The maximum atomic E-state index is 10.8. The van der Waals surface area contributed by atoms with Gasteiger partial charge in [-0.05, 0) is 19.1 Å². The zero-order valence-electron chi connectivity index (χ0n) is 8.43. The topological polar surface area (TPSA) is 38.3 Å². The molecule has 1 rings (SSSR count). The van der Waals surface area contributed by atoms with Gasteiger partial charge in [0.05, 0.1) is 24.4 Å². The van der Waals surface area contributed by atoms with E-state index in [-0.39, 0.29) is 12.3 Å². The lowest BCUT2D eigenvalue weighted by Gasteiger charge is -2.10. The molecule has 3 nitrogen and oxygen atoms in total. The van der Waals surface area contributed by atoms with Gasteiger partial charge in [0.1, 0.15) is 16.6 Å². The van der Waals surface area contributed by atoms with Crippen molar-refractivity contribution in [3.8, 4) is 5.75 Å². The van der Waals surface area contributed by atoms with Crippen molar-refractivity contribution in [2.75, 3.05) is 19.0 Å². The summed E-state index contributed by atoms with van der Waals surface area (Å²) in [6.45, 7) is 1.72. The van der Waals surface area contributed by atoms with E-state index in [1.54, 1.807) is 12.1 Å². The van der Waals surface area contributed by atoms with Crippen LogP contribution < -0.4 is 10.1 Å². The number of Topliss-reactive ketones (excluding diaryl/α,β-unsaturated/α-hetero) is 1. The Kier molecular flexibility index (Phi) is 4.24. The summed E-state index contributed by atoms with van der Waals surface area (Å²) in [6.07, 6.45) is 0. The molecule has 0 saturated heterocycles. The number of carbonyl (C=O) groups is 1. The van der Waals surface area contributed by atoms with Crippen LogP contribution in [0.4, 0.5) is 5.69 Å². The number of carbonyl (C=O) groups excluding carboxylic acids is 1. The highest BCUT2D eigenvalue weighted by molar-refractivity contribution is 6.44. The summed E-state index contributed by atoms with van der Waals surface area (Å²) >= 11 is 11.9.